The van der Waals surface area contributed by atoms with E-state index in [1.807, 2.05) is 0 Å². The number of carboxylic acid groups (broad SMARTS) is 1. The molecule has 1 saturated heterocycles. The largest absolute Gasteiger partial charge is 0.478 e. The minimum absolute atomic E-state index is 0.0580. The van der Waals surface area contributed by atoms with Crippen molar-refractivity contribution in [2.45, 2.75) is 13.3 Å². The Labute approximate surface area is 97.7 Å². The van der Waals surface area contributed by atoms with Crippen molar-refractivity contribution in [1.29, 1.82) is 0 Å². The van der Waals surface area contributed by atoms with Crippen molar-refractivity contribution in [2.24, 2.45) is 5.92 Å². The number of carbonyl (C=O) groups excluding carboxylic acids is 2. The molecule has 0 radical (unpaired) electrons. The van der Waals surface area contributed by atoms with Crippen LogP contribution < -0.4 is 4.90 Å². The van der Waals surface area contributed by atoms with Gasteiger partial charge in [0.1, 0.15) is 0 Å². The van der Waals surface area contributed by atoms with E-state index < -0.39 is 5.97 Å². The molecule has 88 valence electrons. The standard InChI is InChI=1S/C12H11NO4/c1-7-5-10(14)13(11(7)15)9-4-2-3-8(6-9)12(16)17/h2-4,6-7H,5H2,1H3,(H,16,17)/t7-/m1/s1. The Morgan fingerprint density at radius 3 is 2.65 bits per heavy atom. The average Bonchev–Trinajstić information content (AvgIpc) is 2.53. The predicted molar refractivity (Wildman–Crippen MR) is 59.7 cm³/mol. The highest BCUT2D eigenvalue weighted by molar-refractivity contribution is 6.21. The van der Waals surface area contributed by atoms with Gasteiger partial charge in [0, 0.05) is 12.3 Å². The molecular weight excluding hydrogens is 222 g/mol. The molecule has 0 aliphatic carbocycles. The molecule has 0 unspecified atom stereocenters. The van der Waals surface area contributed by atoms with E-state index in [1.54, 1.807) is 13.0 Å². The van der Waals surface area contributed by atoms with Gasteiger partial charge in [0.15, 0.2) is 0 Å². The molecule has 0 bridgehead atoms. The van der Waals surface area contributed by atoms with Crippen LogP contribution in [0.2, 0.25) is 0 Å². The van der Waals surface area contributed by atoms with E-state index in [2.05, 4.69) is 0 Å². The quantitative estimate of drug-likeness (QED) is 0.781. The fraction of sp³-hybridized carbons (Fsp3) is 0.250. The van der Waals surface area contributed by atoms with Gasteiger partial charge in [-0.2, -0.15) is 0 Å². The van der Waals surface area contributed by atoms with Crippen LogP contribution in [-0.4, -0.2) is 22.9 Å². The summed E-state index contributed by atoms with van der Waals surface area (Å²) in [6, 6.07) is 5.82. The van der Waals surface area contributed by atoms with Gasteiger partial charge in [-0.05, 0) is 18.2 Å². The minimum Gasteiger partial charge on any atom is -0.478 e. The second-order valence-electron chi connectivity index (χ2n) is 4.03. The van der Waals surface area contributed by atoms with Crippen molar-refractivity contribution >= 4 is 23.5 Å². The number of carboxylic acids is 1. The summed E-state index contributed by atoms with van der Waals surface area (Å²) in [5.41, 5.74) is 0.381. The highest BCUT2D eigenvalue weighted by Crippen LogP contribution is 2.26. The molecule has 5 heteroatoms. The van der Waals surface area contributed by atoms with Gasteiger partial charge in [-0.3, -0.25) is 14.5 Å². The average molecular weight is 233 g/mol. The molecule has 1 aromatic rings. The third kappa shape index (κ3) is 1.91. The molecule has 1 aliphatic heterocycles. The van der Waals surface area contributed by atoms with Gasteiger partial charge < -0.3 is 5.11 Å². The topological polar surface area (TPSA) is 74.7 Å². The van der Waals surface area contributed by atoms with Crippen LogP contribution in [-0.2, 0) is 9.59 Å². The fourth-order valence-electron chi connectivity index (χ4n) is 1.83. The number of hydrogen-bond donors (Lipinski definition) is 1. The third-order valence-corrected chi connectivity index (χ3v) is 2.72. The first-order valence-corrected chi connectivity index (χ1v) is 5.21. The first-order valence-electron chi connectivity index (χ1n) is 5.21. The lowest BCUT2D eigenvalue weighted by Gasteiger charge is -2.14. The lowest BCUT2D eigenvalue weighted by atomic mass is 10.1. The molecule has 1 N–H and O–H groups in total. The number of hydrogen-bond acceptors (Lipinski definition) is 3. The van der Waals surface area contributed by atoms with Gasteiger partial charge in [-0.1, -0.05) is 13.0 Å². The van der Waals surface area contributed by atoms with Crippen LogP contribution in [0.25, 0.3) is 0 Å². The SMILES string of the molecule is C[C@@H]1CC(=O)N(c2cccc(C(=O)O)c2)C1=O. The van der Waals surface area contributed by atoms with Gasteiger partial charge in [0.25, 0.3) is 0 Å². The molecule has 1 aromatic carbocycles. The van der Waals surface area contributed by atoms with E-state index in [9.17, 15) is 14.4 Å². The van der Waals surface area contributed by atoms with E-state index in [4.69, 9.17) is 5.11 Å². The van der Waals surface area contributed by atoms with Crippen molar-refractivity contribution in [3.63, 3.8) is 0 Å². The normalized spacial score (nSPS) is 19.8. The van der Waals surface area contributed by atoms with Crippen molar-refractivity contribution < 1.29 is 19.5 Å². The molecule has 1 fully saturated rings. The summed E-state index contributed by atoms with van der Waals surface area (Å²) < 4.78 is 0. The van der Waals surface area contributed by atoms with Gasteiger partial charge in [0.2, 0.25) is 11.8 Å². The number of nitrogens with zero attached hydrogens (tertiary/aromatic N) is 1. The molecule has 1 atom stereocenters. The maximum atomic E-state index is 11.8. The zero-order valence-electron chi connectivity index (χ0n) is 9.21. The Bertz CT molecular complexity index is 509. The van der Waals surface area contributed by atoms with E-state index in [0.717, 1.165) is 4.90 Å². The van der Waals surface area contributed by atoms with Crippen LogP contribution in [0, 0.1) is 5.92 Å². The summed E-state index contributed by atoms with van der Waals surface area (Å²) in [6.45, 7) is 1.68. The zero-order valence-corrected chi connectivity index (χ0v) is 9.21. The minimum atomic E-state index is -1.08. The second-order valence-corrected chi connectivity index (χ2v) is 4.03. The summed E-state index contributed by atoms with van der Waals surface area (Å²) in [5.74, 6) is -1.99. The van der Waals surface area contributed by atoms with Crippen molar-refractivity contribution in [3.05, 3.63) is 29.8 Å². The maximum absolute atomic E-state index is 11.8. The maximum Gasteiger partial charge on any atom is 0.335 e. The predicted octanol–water partition coefficient (Wildman–Crippen LogP) is 1.28. The number of anilines is 1. The van der Waals surface area contributed by atoms with Crippen LogP contribution in [0.15, 0.2) is 24.3 Å². The molecule has 0 aromatic heterocycles. The summed E-state index contributed by atoms with van der Waals surface area (Å²) in [5, 5.41) is 8.85. The van der Waals surface area contributed by atoms with Crippen LogP contribution in [0.1, 0.15) is 23.7 Å². The summed E-state index contributed by atoms with van der Waals surface area (Å²) in [7, 11) is 0. The van der Waals surface area contributed by atoms with Gasteiger partial charge in [0.05, 0.1) is 11.3 Å². The number of benzene rings is 1. The Morgan fingerprint density at radius 2 is 2.12 bits per heavy atom. The molecule has 1 aliphatic rings. The van der Waals surface area contributed by atoms with Gasteiger partial charge in [-0.15, -0.1) is 0 Å². The van der Waals surface area contributed by atoms with Crippen LogP contribution in [0.3, 0.4) is 0 Å². The van der Waals surface area contributed by atoms with Gasteiger partial charge in [-0.25, -0.2) is 4.79 Å². The van der Waals surface area contributed by atoms with Gasteiger partial charge >= 0.3 is 5.97 Å². The van der Waals surface area contributed by atoms with Crippen molar-refractivity contribution in [3.8, 4) is 0 Å². The highest BCUT2D eigenvalue weighted by Gasteiger charge is 2.36. The number of aromatic carboxylic acids is 1. The molecule has 2 rings (SSSR count). The molecular formula is C12H11NO4. The molecule has 17 heavy (non-hydrogen) atoms. The van der Waals surface area contributed by atoms with Crippen LogP contribution in [0.4, 0.5) is 5.69 Å². The summed E-state index contributed by atoms with van der Waals surface area (Å²) >= 11 is 0. The Hall–Kier alpha value is -2.17. The first-order chi connectivity index (χ1) is 8.00. The first kappa shape index (κ1) is 11.3. The highest BCUT2D eigenvalue weighted by atomic mass is 16.4. The van der Waals surface area contributed by atoms with E-state index in [-0.39, 0.29) is 29.7 Å². The number of rotatable bonds is 2. The molecule has 0 spiro atoms. The van der Waals surface area contributed by atoms with Crippen LogP contribution >= 0.6 is 0 Å². The lowest BCUT2D eigenvalue weighted by Crippen LogP contribution is -2.30. The Kier molecular flexibility index (Phi) is 2.67. The summed E-state index contributed by atoms with van der Waals surface area (Å²) in [4.78, 5) is 35.2. The second kappa shape index (κ2) is 4.01. The van der Waals surface area contributed by atoms with E-state index in [0.29, 0.717) is 5.69 Å². The van der Waals surface area contributed by atoms with E-state index >= 15 is 0 Å². The Morgan fingerprint density at radius 1 is 1.41 bits per heavy atom. The third-order valence-electron chi connectivity index (χ3n) is 2.72. The molecule has 2 amide bonds. The lowest BCUT2D eigenvalue weighted by molar-refractivity contribution is -0.122. The van der Waals surface area contributed by atoms with Crippen LogP contribution in [0.5, 0.6) is 0 Å². The number of imide groups is 1. The van der Waals surface area contributed by atoms with Crippen molar-refractivity contribution in [1.82, 2.24) is 0 Å². The van der Waals surface area contributed by atoms with E-state index in [1.165, 1.54) is 18.2 Å². The number of amides is 2. The molecule has 1 heterocycles. The van der Waals surface area contributed by atoms with Crippen molar-refractivity contribution in [2.75, 3.05) is 4.90 Å². The fourth-order valence-corrected chi connectivity index (χ4v) is 1.83. The Balaban J connectivity index is 2.40. The molecule has 0 saturated carbocycles. The smallest absolute Gasteiger partial charge is 0.335 e. The zero-order chi connectivity index (χ0) is 12.6. The monoisotopic (exact) mass is 233 g/mol. The molecule has 5 nitrogen and oxygen atoms in total. The number of carbonyl (C=O) groups is 3. The summed E-state index contributed by atoms with van der Waals surface area (Å²) in [6.07, 6.45) is 0.177.